The number of hydrogen-bond donors (Lipinski definition) is 1. The van der Waals surface area contributed by atoms with Crippen LogP contribution in [-0.2, 0) is 14.9 Å². The second-order valence-corrected chi connectivity index (χ2v) is 14.3. The molecule has 1 aromatic rings. The molecule has 0 aliphatic heterocycles. The van der Waals surface area contributed by atoms with Crippen LogP contribution in [0.2, 0.25) is 0 Å². The fourth-order valence-electron chi connectivity index (χ4n) is 4.32. The maximum Gasteiger partial charge on any atom is 0.410 e. The van der Waals surface area contributed by atoms with Crippen LogP contribution in [0.3, 0.4) is 0 Å². The molecule has 1 N–H and O–H groups in total. The molecule has 1 rings (SSSR count). The molecule has 42 heavy (non-hydrogen) atoms. The first-order chi connectivity index (χ1) is 19.7. The number of carbonyl (C=O) groups is 1. The van der Waals surface area contributed by atoms with Crippen molar-refractivity contribution >= 4 is 38.8 Å². The zero-order chi connectivity index (χ0) is 32.1. The van der Waals surface area contributed by atoms with E-state index in [0.29, 0.717) is 11.2 Å². The third-order valence-corrected chi connectivity index (χ3v) is 7.89. The minimum absolute atomic E-state index is 0.0370. The van der Waals surface area contributed by atoms with E-state index in [4.69, 9.17) is 14.0 Å². The van der Waals surface area contributed by atoms with Crippen molar-refractivity contribution < 1.29 is 31.7 Å². The molecule has 0 aliphatic rings. The first kappa shape index (κ1) is 40.6. The van der Waals surface area contributed by atoms with Crippen LogP contribution in [0.25, 0.3) is 0 Å². The quantitative estimate of drug-likeness (QED) is 0.0877. The van der Waals surface area contributed by atoms with Crippen molar-refractivity contribution in [2.75, 3.05) is 45.9 Å². The van der Waals surface area contributed by atoms with Crippen molar-refractivity contribution in [3.05, 3.63) is 39.3 Å². The van der Waals surface area contributed by atoms with Gasteiger partial charge in [0.1, 0.15) is 18.0 Å². The number of nitrogens with zero attached hydrogens (tertiary/aromatic N) is 2. The molecule has 0 spiro atoms. The second-order valence-electron chi connectivity index (χ2n) is 11.8. The number of benzene rings is 1. The average Bonchev–Trinajstić information content (AvgIpc) is 2.91. The van der Waals surface area contributed by atoms with Gasteiger partial charge in [-0.25, -0.2) is 4.79 Å². The lowest BCUT2D eigenvalue weighted by Gasteiger charge is -2.39. The Morgan fingerprint density at radius 3 is 1.74 bits per heavy atom. The summed E-state index contributed by atoms with van der Waals surface area (Å²) < 4.78 is 43.6. The Morgan fingerprint density at radius 2 is 1.36 bits per heavy atom. The molecule has 8 nitrogen and oxygen atoms in total. The maximum absolute atomic E-state index is 12.2. The molecule has 244 valence electrons. The Bertz CT molecular complexity index is 940. The maximum atomic E-state index is 12.2. The van der Waals surface area contributed by atoms with Crippen molar-refractivity contribution in [1.82, 2.24) is 4.90 Å². The molecule has 0 unspecified atom stereocenters. The average molecular weight is 726 g/mol. The normalized spacial score (nSPS) is 12.1. The lowest BCUT2D eigenvalue weighted by Crippen LogP contribution is -2.50. The topological polar surface area (TPSA) is 93.1 Å². The second kappa shape index (κ2) is 22.2. The molecule has 0 aromatic heterocycles. The van der Waals surface area contributed by atoms with E-state index in [2.05, 4.69) is 50.3 Å². The summed E-state index contributed by atoms with van der Waals surface area (Å²) in [7, 11) is -4.24. The van der Waals surface area contributed by atoms with Crippen LogP contribution in [-0.4, -0.2) is 79.9 Å². The first-order valence-corrected chi connectivity index (χ1v) is 18.1. The summed E-state index contributed by atoms with van der Waals surface area (Å²) in [6.45, 7) is 20.6. The highest BCUT2D eigenvalue weighted by molar-refractivity contribution is 14.1. The molecule has 10 heteroatoms. The third kappa shape index (κ3) is 21.3. The van der Waals surface area contributed by atoms with Gasteiger partial charge in [0, 0.05) is 10.1 Å². The Hall–Kier alpha value is -1.37. The van der Waals surface area contributed by atoms with Gasteiger partial charge in [0.2, 0.25) is 0 Å². The van der Waals surface area contributed by atoms with Gasteiger partial charge in [-0.05, 0) is 93.3 Å². The molecule has 0 saturated carbocycles. The minimum atomic E-state index is -4.24. The van der Waals surface area contributed by atoms with E-state index >= 15 is 0 Å². The van der Waals surface area contributed by atoms with Crippen LogP contribution in [0.1, 0.15) is 99.8 Å². The highest BCUT2D eigenvalue weighted by Crippen LogP contribution is 2.17. The number of halogens is 1. The third-order valence-electron chi connectivity index (χ3n) is 6.63. The Morgan fingerprint density at radius 1 is 0.905 bits per heavy atom. The zero-order valence-corrected chi connectivity index (χ0v) is 30.2. The molecular weight excluding hydrogens is 667 g/mol. The Balaban J connectivity index is 0.000000865. The standard InChI is InChI=1S/C16H22INO6S.C16H36N/c1-16(2,3)24-15(19)18(9-4-12-25(20,21)22)10-11-23-14-7-5-13(17)6-8-14;1-5-9-13-17(14-10-6-2,15-11-7-3)16-12-8-4/h4-8,12H,9-11H2,1-3H3,(H,20,21,22);5-16H2,1-4H3/q;+1/b12-4+;. The van der Waals surface area contributed by atoms with Crippen LogP contribution in [0.15, 0.2) is 35.7 Å². The van der Waals surface area contributed by atoms with Crippen molar-refractivity contribution in [3.8, 4) is 5.75 Å². The van der Waals surface area contributed by atoms with Crippen LogP contribution < -0.4 is 4.74 Å². The van der Waals surface area contributed by atoms with Crippen LogP contribution >= 0.6 is 22.6 Å². The van der Waals surface area contributed by atoms with Gasteiger partial charge in [-0.2, -0.15) is 8.42 Å². The SMILES string of the molecule is CC(C)(C)OC(=O)N(C/C=C/S(=O)(=O)O)CCOc1ccc(I)cc1.CCCC[N+](CCCC)(CCCC)CCCC. The van der Waals surface area contributed by atoms with Gasteiger partial charge < -0.3 is 18.9 Å². The highest BCUT2D eigenvalue weighted by atomic mass is 127. The minimum Gasteiger partial charge on any atom is -0.492 e. The molecule has 0 aliphatic carbocycles. The van der Waals surface area contributed by atoms with E-state index in [1.165, 1.54) is 93.0 Å². The van der Waals surface area contributed by atoms with Crippen molar-refractivity contribution in [2.45, 2.75) is 105 Å². The fraction of sp³-hybridized carbons (Fsp3) is 0.719. The number of carbonyl (C=O) groups excluding carboxylic acids is 1. The van der Waals surface area contributed by atoms with E-state index in [-0.39, 0.29) is 19.7 Å². The Kier molecular flexibility index (Phi) is 21.5. The molecule has 0 saturated heterocycles. The van der Waals surface area contributed by atoms with Gasteiger partial charge in [-0.1, -0.05) is 59.5 Å². The van der Waals surface area contributed by atoms with Gasteiger partial charge in [-0.15, -0.1) is 0 Å². The summed E-state index contributed by atoms with van der Waals surface area (Å²) in [6.07, 6.45) is 11.6. The molecule has 1 aromatic carbocycles. The lowest BCUT2D eigenvalue weighted by atomic mass is 10.1. The molecule has 0 bridgehead atoms. The van der Waals surface area contributed by atoms with Gasteiger partial charge in [0.25, 0.3) is 10.1 Å². The molecular formula is C32H58IN2O6S+. The van der Waals surface area contributed by atoms with E-state index < -0.39 is 21.8 Å². The number of ether oxygens (including phenoxy) is 2. The summed E-state index contributed by atoms with van der Waals surface area (Å²) in [4.78, 5) is 13.5. The molecule has 0 atom stereocenters. The largest absolute Gasteiger partial charge is 0.492 e. The van der Waals surface area contributed by atoms with E-state index in [9.17, 15) is 13.2 Å². The molecule has 0 heterocycles. The summed E-state index contributed by atoms with van der Waals surface area (Å²) >= 11 is 2.19. The molecule has 0 fully saturated rings. The predicted molar refractivity (Wildman–Crippen MR) is 183 cm³/mol. The van der Waals surface area contributed by atoms with E-state index in [1.807, 2.05) is 24.3 Å². The summed E-state index contributed by atoms with van der Waals surface area (Å²) in [5.41, 5.74) is -0.681. The van der Waals surface area contributed by atoms with Crippen molar-refractivity contribution in [1.29, 1.82) is 0 Å². The van der Waals surface area contributed by atoms with Crippen LogP contribution in [0.5, 0.6) is 5.75 Å². The summed E-state index contributed by atoms with van der Waals surface area (Å²) in [5, 5.41) is 0.629. The monoisotopic (exact) mass is 725 g/mol. The zero-order valence-electron chi connectivity index (χ0n) is 27.2. The van der Waals surface area contributed by atoms with Gasteiger partial charge in [0.15, 0.2) is 0 Å². The van der Waals surface area contributed by atoms with Crippen LogP contribution in [0, 0.1) is 3.57 Å². The molecule has 0 radical (unpaired) electrons. The van der Waals surface area contributed by atoms with Gasteiger partial charge in [0.05, 0.1) is 38.1 Å². The lowest BCUT2D eigenvalue weighted by molar-refractivity contribution is -0.929. The number of unbranched alkanes of at least 4 members (excludes halogenated alkanes) is 4. The fourth-order valence-corrected chi connectivity index (χ4v) is 5.01. The van der Waals surface area contributed by atoms with E-state index in [1.54, 1.807) is 20.8 Å². The number of quaternary nitrogens is 1. The number of amides is 1. The first-order valence-electron chi connectivity index (χ1n) is 15.6. The predicted octanol–water partition coefficient (Wildman–Crippen LogP) is 8.31. The smallest absolute Gasteiger partial charge is 0.410 e. The summed E-state index contributed by atoms with van der Waals surface area (Å²) in [5.74, 6) is 0.665. The van der Waals surface area contributed by atoms with E-state index in [0.717, 1.165) is 3.57 Å². The van der Waals surface area contributed by atoms with Crippen LogP contribution in [0.4, 0.5) is 4.79 Å². The van der Waals surface area contributed by atoms with Gasteiger partial charge >= 0.3 is 6.09 Å². The van der Waals surface area contributed by atoms with Gasteiger partial charge in [-0.3, -0.25) is 4.55 Å². The summed E-state index contributed by atoms with van der Waals surface area (Å²) in [6, 6.07) is 7.43. The highest BCUT2D eigenvalue weighted by Gasteiger charge is 2.25. The Labute approximate surface area is 270 Å². The number of hydrogen-bond acceptors (Lipinski definition) is 5. The van der Waals surface area contributed by atoms with Crippen molar-refractivity contribution in [3.63, 3.8) is 0 Å². The number of rotatable bonds is 19. The van der Waals surface area contributed by atoms with Crippen molar-refractivity contribution in [2.24, 2.45) is 0 Å². The molecule has 1 amide bonds.